The van der Waals surface area contributed by atoms with E-state index in [4.69, 9.17) is 25.8 Å². The van der Waals surface area contributed by atoms with Crippen LogP contribution in [0.5, 0.6) is 17.2 Å². The first-order chi connectivity index (χ1) is 18.0. The van der Waals surface area contributed by atoms with Gasteiger partial charge in [0.1, 0.15) is 12.4 Å². The second-order valence-electron chi connectivity index (χ2n) is 8.27. The lowest BCUT2D eigenvalue weighted by Gasteiger charge is -2.13. The minimum absolute atomic E-state index is 0.213. The predicted octanol–water partition coefficient (Wildman–Crippen LogP) is 7.11. The Balaban J connectivity index is 1.26. The molecule has 0 aliphatic carbocycles. The zero-order valence-corrected chi connectivity index (χ0v) is 22.3. The van der Waals surface area contributed by atoms with Crippen molar-refractivity contribution in [3.05, 3.63) is 86.8 Å². The van der Waals surface area contributed by atoms with Crippen LogP contribution in [0.15, 0.2) is 76.2 Å². The molecule has 2 aliphatic heterocycles. The number of rotatable bonds is 6. The number of halogens is 2. The van der Waals surface area contributed by atoms with Gasteiger partial charge < -0.3 is 18.8 Å². The van der Waals surface area contributed by atoms with Gasteiger partial charge in [0.25, 0.3) is 11.1 Å². The van der Waals surface area contributed by atoms with Crippen LogP contribution in [0.2, 0.25) is 5.02 Å². The van der Waals surface area contributed by atoms with Crippen LogP contribution < -0.4 is 19.1 Å². The molecule has 0 atom stereocenters. The third-order valence-corrected chi connectivity index (χ3v) is 7.68. The summed E-state index contributed by atoms with van der Waals surface area (Å²) in [6, 6.07) is 18.3. The lowest BCUT2D eigenvalue weighted by atomic mass is 10.1. The van der Waals surface area contributed by atoms with Gasteiger partial charge in [-0.25, -0.2) is 4.90 Å². The van der Waals surface area contributed by atoms with E-state index in [1.807, 2.05) is 42.6 Å². The Morgan fingerprint density at radius 1 is 1.05 bits per heavy atom. The molecule has 3 heterocycles. The van der Waals surface area contributed by atoms with Crippen LogP contribution in [-0.4, -0.2) is 29.1 Å². The van der Waals surface area contributed by atoms with E-state index >= 15 is 0 Å². The summed E-state index contributed by atoms with van der Waals surface area (Å²) in [7, 11) is 0. The number of ether oxygens (including phenoxy) is 3. The molecule has 37 heavy (non-hydrogen) atoms. The fourth-order valence-corrected chi connectivity index (χ4v) is 5.68. The first-order valence-electron chi connectivity index (χ1n) is 11.3. The summed E-state index contributed by atoms with van der Waals surface area (Å²) in [6.07, 6.45) is 3.72. The molecule has 1 saturated heterocycles. The Hall–Kier alpha value is -3.40. The molecule has 1 aromatic heterocycles. The highest BCUT2D eigenvalue weighted by atomic mass is 79.9. The van der Waals surface area contributed by atoms with Crippen LogP contribution in [0.3, 0.4) is 0 Å². The Morgan fingerprint density at radius 2 is 1.89 bits per heavy atom. The molecule has 0 bridgehead atoms. The average Bonchev–Trinajstić information content (AvgIpc) is 3.56. The van der Waals surface area contributed by atoms with Crippen LogP contribution in [0.25, 0.3) is 17.0 Å². The maximum Gasteiger partial charge on any atom is 0.298 e. The largest absolute Gasteiger partial charge is 0.492 e. The maximum atomic E-state index is 13.2. The summed E-state index contributed by atoms with van der Waals surface area (Å²) in [5, 5.41) is 0.905. The summed E-state index contributed by atoms with van der Waals surface area (Å²) in [5.41, 5.74) is 2.18. The van der Waals surface area contributed by atoms with Gasteiger partial charge in [-0.1, -0.05) is 39.7 Å². The molecule has 0 saturated carbocycles. The van der Waals surface area contributed by atoms with Crippen molar-refractivity contribution < 1.29 is 23.8 Å². The molecule has 6 rings (SSSR count). The van der Waals surface area contributed by atoms with Crippen molar-refractivity contribution in [3.63, 3.8) is 0 Å². The van der Waals surface area contributed by atoms with Gasteiger partial charge >= 0.3 is 0 Å². The average molecular weight is 598 g/mol. The highest BCUT2D eigenvalue weighted by molar-refractivity contribution is 9.10. The standard InChI is InChI=1S/C27H18BrClN2O5S/c28-17-5-7-21-19(12-17)16(11-25-26(32)31(27(33)37-25)22-4-2-1-3-20(22)29)14-30(21)9-10-34-18-6-8-23-24(13-18)36-15-35-23/h1-8,11-14H,9-10,15H2/b25-11-. The number of fused-ring (bicyclic) bond motifs is 2. The van der Waals surface area contributed by atoms with E-state index in [0.29, 0.717) is 46.0 Å². The van der Waals surface area contributed by atoms with Crippen molar-refractivity contribution in [2.45, 2.75) is 6.54 Å². The highest BCUT2D eigenvalue weighted by Crippen LogP contribution is 2.40. The van der Waals surface area contributed by atoms with E-state index in [1.54, 1.807) is 30.3 Å². The van der Waals surface area contributed by atoms with Crippen molar-refractivity contribution in [3.8, 4) is 17.2 Å². The summed E-state index contributed by atoms with van der Waals surface area (Å²) < 4.78 is 19.7. The van der Waals surface area contributed by atoms with Gasteiger partial charge in [0.05, 0.1) is 22.2 Å². The van der Waals surface area contributed by atoms with Crippen molar-refractivity contribution in [2.24, 2.45) is 0 Å². The molecule has 0 radical (unpaired) electrons. The molecule has 3 aromatic carbocycles. The number of nitrogens with zero attached hydrogens (tertiary/aromatic N) is 2. The Labute approximate surface area is 229 Å². The van der Waals surface area contributed by atoms with Gasteiger partial charge in [-0.2, -0.15) is 0 Å². The highest BCUT2D eigenvalue weighted by Gasteiger charge is 2.37. The number of carbonyl (C=O) groups excluding carboxylic acids is 2. The van der Waals surface area contributed by atoms with Crippen LogP contribution in [-0.2, 0) is 11.3 Å². The lowest BCUT2D eigenvalue weighted by molar-refractivity contribution is -0.113. The van der Waals surface area contributed by atoms with Gasteiger partial charge in [0, 0.05) is 33.2 Å². The summed E-state index contributed by atoms with van der Waals surface area (Å²) >= 11 is 10.7. The topological polar surface area (TPSA) is 70.0 Å². The van der Waals surface area contributed by atoms with E-state index in [1.165, 1.54) is 0 Å². The van der Waals surface area contributed by atoms with Crippen LogP contribution in [0.1, 0.15) is 5.56 Å². The molecule has 186 valence electrons. The van der Waals surface area contributed by atoms with Crippen molar-refractivity contribution in [1.82, 2.24) is 4.57 Å². The summed E-state index contributed by atoms with van der Waals surface area (Å²) in [6.45, 7) is 1.20. The predicted molar refractivity (Wildman–Crippen MR) is 148 cm³/mol. The first-order valence-corrected chi connectivity index (χ1v) is 13.3. The number of para-hydroxylation sites is 1. The number of imide groups is 1. The number of carbonyl (C=O) groups is 2. The van der Waals surface area contributed by atoms with Gasteiger partial charge in [0.15, 0.2) is 11.5 Å². The van der Waals surface area contributed by atoms with Crippen molar-refractivity contribution in [1.29, 1.82) is 0 Å². The second kappa shape index (κ2) is 9.81. The smallest absolute Gasteiger partial charge is 0.298 e. The zero-order valence-electron chi connectivity index (χ0n) is 19.1. The van der Waals surface area contributed by atoms with E-state index in [-0.39, 0.29) is 12.0 Å². The fraction of sp³-hybridized carbons (Fsp3) is 0.111. The van der Waals surface area contributed by atoms with Crippen molar-refractivity contribution >= 4 is 73.1 Å². The van der Waals surface area contributed by atoms with E-state index in [9.17, 15) is 9.59 Å². The monoisotopic (exact) mass is 596 g/mol. The summed E-state index contributed by atoms with van der Waals surface area (Å²) in [4.78, 5) is 27.4. The molecule has 0 N–H and O–H groups in total. The molecular weight excluding hydrogens is 580 g/mol. The molecule has 2 aliphatic rings. The van der Waals surface area contributed by atoms with Crippen LogP contribution in [0.4, 0.5) is 10.5 Å². The fourth-order valence-electron chi connectivity index (χ4n) is 4.28. The molecule has 10 heteroatoms. The van der Waals surface area contributed by atoms with Gasteiger partial charge in [-0.3, -0.25) is 9.59 Å². The molecule has 2 amide bonds. The normalized spacial score (nSPS) is 15.8. The zero-order chi connectivity index (χ0) is 25.5. The third kappa shape index (κ3) is 4.58. The number of hydrogen-bond donors (Lipinski definition) is 0. The quantitative estimate of drug-likeness (QED) is 0.221. The van der Waals surface area contributed by atoms with E-state index in [0.717, 1.165) is 37.6 Å². The third-order valence-electron chi connectivity index (χ3n) is 5.99. The number of thioether (sulfide) groups is 1. The Morgan fingerprint density at radius 3 is 2.76 bits per heavy atom. The van der Waals surface area contributed by atoms with E-state index < -0.39 is 5.91 Å². The Bertz CT molecular complexity index is 1600. The number of anilines is 1. The van der Waals surface area contributed by atoms with Gasteiger partial charge in [-0.15, -0.1) is 0 Å². The molecule has 4 aromatic rings. The van der Waals surface area contributed by atoms with E-state index in [2.05, 4.69) is 20.5 Å². The number of hydrogen-bond acceptors (Lipinski definition) is 6. The van der Waals surface area contributed by atoms with Crippen LogP contribution >= 0.6 is 39.3 Å². The van der Waals surface area contributed by atoms with Gasteiger partial charge in [-0.05, 0) is 60.3 Å². The second-order valence-corrected chi connectivity index (χ2v) is 10.6. The first kappa shape index (κ1) is 24.0. The molecule has 1 fully saturated rings. The number of aromatic nitrogens is 1. The van der Waals surface area contributed by atoms with Gasteiger partial charge in [0.2, 0.25) is 6.79 Å². The van der Waals surface area contributed by atoms with Crippen molar-refractivity contribution in [2.75, 3.05) is 18.3 Å². The SMILES string of the molecule is O=C1S/C(=C\c2cn(CCOc3ccc4c(c3)OCO4)c3ccc(Br)cc23)C(=O)N1c1ccccc1Cl. The minimum Gasteiger partial charge on any atom is -0.492 e. The molecular formula is C27H18BrClN2O5S. The lowest BCUT2D eigenvalue weighted by Crippen LogP contribution is -2.27. The molecule has 0 spiro atoms. The molecule has 7 nitrogen and oxygen atoms in total. The Kier molecular flexibility index (Phi) is 6.36. The van der Waals surface area contributed by atoms with Crippen LogP contribution in [0, 0.1) is 0 Å². The summed E-state index contributed by atoms with van der Waals surface area (Å²) in [5.74, 6) is 1.67. The molecule has 0 unspecified atom stereocenters. The number of amides is 2. The maximum absolute atomic E-state index is 13.2. The number of benzene rings is 3. The minimum atomic E-state index is -0.398.